The van der Waals surface area contributed by atoms with Crippen LogP contribution in [0, 0.1) is 11.3 Å². The molecule has 0 aromatic carbocycles. The quantitative estimate of drug-likeness (QED) is 0.607. The highest BCUT2D eigenvalue weighted by molar-refractivity contribution is 7.14. The molecule has 1 atom stereocenters. The lowest BCUT2D eigenvalue weighted by Crippen LogP contribution is -2.41. The molecule has 0 spiro atoms. The number of nitrogens with one attached hydrogen (secondary N) is 2. The molecule has 1 heterocycles. The van der Waals surface area contributed by atoms with Crippen LogP contribution >= 0.6 is 11.3 Å². The van der Waals surface area contributed by atoms with E-state index in [-0.39, 0.29) is 30.8 Å². The van der Waals surface area contributed by atoms with Crippen LogP contribution in [0.5, 0.6) is 0 Å². The Hall–Kier alpha value is -1.89. The van der Waals surface area contributed by atoms with Gasteiger partial charge in [0.2, 0.25) is 5.91 Å². The van der Waals surface area contributed by atoms with Crippen LogP contribution in [0.4, 0.5) is 0 Å². The maximum absolute atomic E-state index is 12.3. The summed E-state index contributed by atoms with van der Waals surface area (Å²) in [5.41, 5.74) is 6.29. The second-order valence-corrected chi connectivity index (χ2v) is 8.81. The summed E-state index contributed by atoms with van der Waals surface area (Å²) in [5.74, 6) is -0.543. The molecule has 1 aliphatic carbocycles. The molecule has 0 radical (unpaired) electrons. The van der Waals surface area contributed by atoms with E-state index in [4.69, 9.17) is 4.74 Å². The summed E-state index contributed by atoms with van der Waals surface area (Å²) >= 11 is 1.50. The lowest BCUT2D eigenvalue weighted by atomic mass is 9.72. The minimum Gasteiger partial charge on any atom is -0.466 e. The van der Waals surface area contributed by atoms with Crippen molar-refractivity contribution in [1.82, 2.24) is 10.9 Å². The van der Waals surface area contributed by atoms with Crippen LogP contribution < -0.4 is 10.9 Å². The maximum Gasteiger partial charge on any atom is 0.306 e. The zero-order valence-corrected chi connectivity index (χ0v) is 16.8. The second kappa shape index (κ2) is 8.66. The van der Waals surface area contributed by atoms with Gasteiger partial charge in [0.15, 0.2) is 0 Å². The van der Waals surface area contributed by atoms with Gasteiger partial charge in [0.25, 0.3) is 5.91 Å². The number of aryl methyl sites for hydroxylation is 1. The Balaban J connectivity index is 1.85. The molecule has 0 unspecified atom stereocenters. The number of ether oxygens (including phenoxy) is 1. The molecule has 7 heteroatoms. The van der Waals surface area contributed by atoms with E-state index in [2.05, 4.69) is 31.6 Å². The number of hydrogen-bond donors (Lipinski definition) is 2. The third-order valence-electron chi connectivity index (χ3n) is 4.71. The van der Waals surface area contributed by atoms with Crippen molar-refractivity contribution in [2.75, 3.05) is 6.61 Å². The van der Waals surface area contributed by atoms with Gasteiger partial charge in [-0.05, 0) is 49.1 Å². The van der Waals surface area contributed by atoms with Crippen molar-refractivity contribution in [3.63, 3.8) is 0 Å². The van der Waals surface area contributed by atoms with Crippen molar-refractivity contribution in [1.29, 1.82) is 0 Å². The molecule has 1 aromatic rings. The molecule has 0 fully saturated rings. The average Bonchev–Trinajstić information content (AvgIpc) is 3.00. The Morgan fingerprint density at radius 2 is 1.96 bits per heavy atom. The fourth-order valence-corrected chi connectivity index (χ4v) is 4.18. The van der Waals surface area contributed by atoms with E-state index in [1.165, 1.54) is 21.8 Å². The van der Waals surface area contributed by atoms with Crippen LogP contribution in [0.25, 0.3) is 0 Å². The van der Waals surface area contributed by atoms with Gasteiger partial charge in [-0.25, -0.2) is 0 Å². The molecule has 0 saturated carbocycles. The lowest BCUT2D eigenvalue weighted by molar-refractivity contribution is -0.144. The van der Waals surface area contributed by atoms with Crippen LogP contribution in [0.2, 0.25) is 0 Å². The van der Waals surface area contributed by atoms with E-state index in [0.717, 1.165) is 19.3 Å². The van der Waals surface area contributed by atoms with Gasteiger partial charge in [-0.1, -0.05) is 20.8 Å². The number of fused-ring (bicyclic) bond motifs is 1. The molecule has 6 nitrogen and oxygen atoms in total. The van der Waals surface area contributed by atoms with Gasteiger partial charge in [0, 0.05) is 11.3 Å². The van der Waals surface area contributed by atoms with E-state index < -0.39 is 11.9 Å². The minimum absolute atomic E-state index is 0.00294. The normalized spacial score (nSPS) is 16.5. The Labute approximate surface area is 158 Å². The number of rotatable bonds is 5. The van der Waals surface area contributed by atoms with Gasteiger partial charge in [0.1, 0.15) is 0 Å². The maximum atomic E-state index is 12.3. The van der Waals surface area contributed by atoms with Gasteiger partial charge in [-0.15, -0.1) is 11.3 Å². The van der Waals surface area contributed by atoms with Crippen LogP contribution in [-0.4, -0.2) is 24.4 Å². The van der Waals surface area contributed by atoms with Gasteiger partial charge < -0.3 is 4.74 Å². The Kier molecular flexibility index (Phi) is 6.81. The predicted octanol–water partition coefficient (Wildman–Crippen LogP) is 3.00. The molecule has 0 bridgehead atoms. The highest BCUT2D eigenvalue weighted by Crippen LogP contribution is 2.40. The summed E-state index contributed by atoms with van der Waals surface area (Å²) in [6.07, 6.45) is 3.11. The van der Waals surface area contributed by atoms with E-state index in [0.29, 0.717) is 10.8 Å². The topological polar surface area (TPSA) is 84.5 Å². The van der Waals surface area contributed by atoms with Crippen molar-refractivity contribution < 1.29 is 19.1 Å². The van der Waals surface area contributed by atoms with Crippen LogP contribution in [0.15, 0.2) is 6.07 Å². The summed E-state index contributed by atoms with van der Waals surface area (Å²) in [7, 11) is 0. The second-order valence-electron chi connectivity index (χ2n) is 7.67. The summed E-state index contributed by atoms with van der Waals surface area (Å²) in [4.78, 5) is 37.1. The molecular formula is C19H28N2O4S. The molecule has 2 N–H and O–H groups in total. The molecule has 26 heavy (non-hydrogen) atoms. The molecule has 2 rings (SSSR count). The number of carbonyl (C=O) groups is 3. The number of hydrazine groups is 1. The van der Waals surface area contributed by atoms with E-state index in [1.54, 1.807) is 6.92 Å². The highest BCUT2D eigenvalue weighted by atomic mass is 32.1. The highest BCUT2D eigenvalue weighted by Gasteiger charge is 2.30. The third kappa shape index (κ3) is 5.56. The zero-order chi connectivity index (χ0) is 19.3. The molecule has 0 saturated heterocycles. The minimum atomic E-state index is -0.423. The van der Waals surface area contributed by atoms with Gasteiger partial charge in [-0.2, -0.15) is 0 Å². The summed E-state index contributed by atoms with van der Waals surface area (Å²) < 4.78 is 4.76. The molecule has 2 amide bonds. The average molecular weight is 381 g/mol. The first-order valence-electron chi connectivity index (χ1n) is 9.07. The van der Waals surface area contributed by atoms with Crippen molar-refractivity contribution in [3.8, 4) is 0 Å². The van der Waals surface area contributed by atoms with Crippen LogP contribution in [0.3, 0.4) is 0 Å². The largest absolute Gasteiger partial charge is 0.466 e. The van der Waals surface area contributed by atoms with Gasteiger partial charge >= 0.3 is 5.97 Å². The van der Waals surface area contributed by atoms with Crippen molar-refractivity contribution in [3.05, 3.63) is 21.4 Å². The Morgan fingerprint density at radius 3 is 2.62 bits per heavy atom. The summed E-state index contributed by atoms with van der Waals surface area (Å²) in [5, 5.41) is 0. The molecule has 1 aliphatic rings. The monoisotopic (exact) mass is 380 g/mol. The lowest BCUT2D eigenvalue weighted by Gasteiger charge is -2.33. The fourth-order valence-electron chi connectivity index (χ4n) is 3.07. The Morgan fingerprint density at radius 1 is 1.23 bits per heavy atom. The van der Waals surface area contributed by atoms with Crippen LogP contribution in [0.1, 0.15) is 67.1 Å². The third-order valence-corrected chi connectivity index (χ3v) is 5.94. The molecular weight excluding hydrogens is 352 g/mol. The number of esters is 1. The van der Waals surface area contributed by atoms with Crippen LogP contribution in [-0.2, 0) is 27.2 Å². The van der Waals surface area contributed by atoms with Gasteiger partial charge in [-0.3, -0.25) is 25.2 Å². The number of thiophene rings is 1. The standard InChI is InChI=1S/C19H28N2O4S/c1-5-25-17(23)9-8-16(22)20-21-18(24)15-11-12-10-13(19(2,3)4)6-7-14(12)26-15/h11,13H,5-10H2,1-4H3,(H,20,22)(H,21,24)/t13-/m0/s1. The molecule has 144 valence electrons. The van der Waals surface area contributed by atoms with Gasteiger partial charge in [0.05, 0.1) is 17.9 Å². The van der Waals surface area contributed by atoms with E-state index in [1.807, 2.05) is 6.07 Å². The van der Waals surface area contributed by atoms with Crippen molar-refractivity contribution >= 4 is 29.1 Å². The number of amides is 2. The zero-order valence-electron chi connectivity index (χ0n) is 15.9. The number of carbonyl (C=O) groups excluding carboxylic acids is 3. The first kappa shape index (κ1) is 20.4. The van der Waals surface area contributed by atoms with Crippen molar-refractivity contribution in [2.24, 2.45) is 11.3 Å². The first-order valence-corrected chi connectivity index (χ1v) is 9.88. The summed E-state index contributed by atoms with van der Waals surface area (Å²) in [6, 6.07) is 1.94. The van der Waals surface area contributed by atoms with Crippen molar-refractivity contribution in [2.45, 2.75) is 59.8 Å². The predicted molar refractivity (Wildman–Crippen MR) is 101 cm³/mol. The molecule has 1 aromatic heterocycles. The Bertz CT molecular complexity index is 676. The fraction of sp³-hybridized carbons (Fsp3) is 0.632. The smallest absolute Gasteiger partial charge is 0.306 e. The SMILES string of the molecule is CCOC(=O)CCC(=O)NNC(=O)c1cc2c(s1)CC[C@H](C(C)(C)C)C2. The first-order chi connectivity index (χ1) is 12.2. The van der Waals surface area contributed by atoms with E-state index in [9.17, 15) is 14.4 Å². The molecule has 0 aliphatic heterocycles. The number of hydrogen-bond acceptors (Lipinski definition) is 5. The van der Waals surface area contributed by atoms with E-state index >= 15 is 0 Å². The summed E-state index contributed by atoms with van der Waals surface area (Å²) in [6.45, 7) is 8.77.